The van der Waals surface area contributed by atoms with Crippen molar-refractivity contribution in [1.29, 1.82) is 0 Å². The van der Waals surface area contributed by atoms with Crippen molar-refractivity contribution in [3.63, 3.8) is 0 Å². The fraction of sp³-hybridized carbons (Fsp3) is 0.286. The number of ketones is 1. The highest BCUT2D eigenvalue weighted by atomic mass is 35.5. The van der Waals surface area contributed by atoms with E-state index in [4.69, 9.17) is 11.6 Å². The molecule has 0 aromatic rings. The maximum absolute atomic E-state index is 11.1. The lowest BCUT2D eigenvalue weighted by Gasteiger charge is -2.14. The Morgan fingerprint density at radius 3 is 3.27 bits per heavy atom. The summed E-state index contributed by atoms with van der Waals surface area (Å²) >= 11 is 7.39. The van der Waals surface area contributed by atoms with Crippen LogP contribution in [0.25, 0.3) is 0 Å². The maximum atomic E-state index is 11.1. The third kappa shape index (κ3) is 1.08. The number of allylic oxidation sites excluding steroid dienone is 2. The van der Waals surface area contributed by atoms with Gasteiger partial charge in [-0.3, -0.25) is 4.79 Å². The van der Waals surface area contributed by atoms with E-state index in [1.165, 1.54) is 11.8 Å². The quantitative estimate of drug-likeness (QED) is 0.619. The number of hydrogen-bond acceptors (Lipinski definition) is 3. The minimum Gasteiger partial charge on any atom is -0.377 e. The molecule has 2 nitrogen and oxygen atoms in total. The zero-order valence-corrected chi connectivity index (χ0v) is 7.21. The molecule has 2 aliphatic rings. The van der Waals surface area contributed by atoms with Crippen molar-refractivity contribution < 1.29 is 4.79 Å². The molecule has 58 valence electrons. The zero-order valence-electron chi connectivity index (χ0n) is 5.63. The first-order valence-corrected chi connectivity index (χ1v) is 4.63. The smallest absolute Gasteiger partial charge is 0.170 e. The number of halogens is 1. The molecule has 0 aromatic heterocycles. The van der Waals surface area contributed by atoms with Gasteiger partial charge in [-0.15, -0.1) is 11.8 Å². The normalized spacial score (nSPS) is 28.8. The standard InChI is InChI=1S/C7H6ClNOS/c8-4-1-2-9-6-5(10)3-11-7(4)6/h1-2,6,9H,3H2. The van der Waals surface area contributed by atoms with Crippen molar-refractivity contribution in [2.24, 2.45) is 0 Å². The topological polar surface area (TPSA) is 29.1 Å². The van der Waals surface area contributed by atoms with Gasteiger partial charge in [-0.2, -0.15) is 0 Å². The van der Waals surface area contributed by atoms with Crippen molar-refractivity contribution in [2.45, 2.75) is 6.04 Å². The number of rotatable bonds is 0. The molecule has 0 radical (unpaired) electrons. The Morgan fingerprint density at radius 1 is 1.73 bits per heavy atom. The first-order valence-electron chi connectivity index (χ1n) is 3.27. The van der Waals surface area contributed by atoms with Crippen LogP contribution in [0.3, 0.4) is 0 Å². The van der Waals surface area contributed by atoms with Gasteiger partial charge in [-0.05, 0) is 12.3 Å². The van der Waals surface area contributed by atoms with E-state index in [0.29, 0.717) is 10.8 Å². The Morgan fingerprint density at radius 2 is 2.55 bits per heavy atom. The highest BCUT2D eigenvalue weighted by molar-refractivity contribution is 8.04. The van der Waals surface area contributed by atoms with Crippen LogP contribution in [-0.2, 0) is 4.79 Å². The number of Topliss-reactive ketones (excluding diaryl/α,β-unsaturated/α-hetero) is 1. The third-order valence-corrected chi connectivity index (χ3v) is 3.32. The van der Waals surface area contributed by atoms with E-state index in [9.17, 15) is 4.79 Å². The second-order valence-corrected chi connectivity index (χ2v) is 3.82. The van der Waals surface area contributed by atoms with Gasteiger partial charge in [0.1, 0.15) is 6.04 Å². The number of carbonyl (C=O) groups excluding carboxylic acids is 1. The summed E-state index contributed by atoms with van der Waals surface area (Å²) in [5, 5.41) is 3.67. The molecule has 1 unspecified atom stereocenters. The van der Waals surface area contributed by atoms with Crippen LogP contribution in [0.15, 0.2) is 22.2 Å². The van der Waals surface area contributed by atoms with Gasteiger partial charge in [0.25, 0.3) is 0 Å². The van der Waals surface area contributed by atoms with Crippen LogP contribution in [-0.4, -0.2) is 17.6 Å². The molecular formula is C7H6ClNOS. The van der Waals surface area contributed by atoms with Gasteiger partial charge >= 0.3 is 0 Å². The molecule has 2 heterocycles. The first-order chi connectivity index (χ1) is 5.29. The van der Waals surface area contributed by atoms with Gasteiger partial charge in [-0.25, -0.2) is 0 Å². The van der Waals surface area contributed by atoms with E-state index in [1.54, 1.807) is 12.3 Å². The predicted octanol–water partition coefficient (Wildman–Crippen LogP) is 1.24. The number of thioether (sulfide) groups is 1. The second-order valence-electron chi connectivity index (χ2n) is 2.40. The lowest BCUT2D eigenvalue weighted by atomic mass is 10.1. The van der Waals surface area contributed by atoms with Crippen molar-refractivity contribution in [1.82, 2.24) is 5.32 Å². The summed E-state index contributed by atoms with van der Waals surface area (Å²) in [6.07, 6.45) is 3.50. The molecule has 1 fully saturated rings. The van der Waals surface area contributed by atoms with Crippen LogP contribution < -0.4 is 5.32 Å². The first kappa shape index (κ1) is 7.25. The lowest BCUT2D eigenvalue weighted by molar-refractivity contribution is -0.117. The van der Waals surface area contributed by atoms with Crippen molar-refractivity contribution >= 4 is 29.1 Å². The van der Waals surface area contributed by atoms with E-state index in [-0.39, 0.29) is 11.8 Å². The fourth-order valence-electron chi connectivity index (χ4n) is 1.14. The average molecular weight is 188 g/mol. The van der Waals surface area contributed by atoms with Crippen LogP contribution in [0, 0.1) is 0 Å². The Kier molecular flexibility index (Phi) is 1.69. The minimum absolute atomic E-state index is 0.155. The molecule has 1 atom stereocenters. The Bertz CT molecular complexity index is 272. The molecule has 1 saturated heterocycles. The molecule has 0 aromatic carbocycles. The van der Waals surface area contributed by atoms with Crippen LogP contribution in [0.4, 0.5) is 0 Å². The zero-order chi connectivity index (χ0) is 7.84. The molecule has 2 rings (SSSR count). The van der Waals surface area contributed by atoms with Crippen LogP contribution in [0.5, 0.6) is 0 Å². The maximum Gasteiger partial charge on any atom is 0.170 e. The summed E-state index contributed by atoms with van der Waals surface area (Å²) in [5.74, 6) is 0.762. The summed E-state index contributed by atoms with van der Waals surface area (Å²) < 4.78 is 0. The van der Waals surface area contributed by atoms with Gasteiger partial charge in [-0.1, -0.05) is 11.6 Å². The van der Waals surface area contributed by atoms with Gasteiger partial charge in [0, 0.05) is 4.91 Å². The second kappa shape index (κ2) is 2.57. The number of dihydropyridines is 1. The predicted molar refractivity (Wildman–Crippen MR) is 46.4 cm³/mol. The Labute approximate surface area is 73.7 Å². The van der Waals surface area contributed by atoms with Gasteiger partial charge in [0.05, 0.1) is 10.8 Å². The molecule has 2 aliphatic heterocycles. The molecular weight excluding hydrogens is 182 g/mol. The number of hydrogen-bond donors (Lipinski definition) is 1. The summed E-state index contributed by atoms with van der Waals surface area (Å²) in [6.45, 7) is 0. The monoisotopic (exact) mass is 187 g/mol. The summed E-state index contributed by atoms with van der Waals surface area (Å²) in [5.41, 5.74) is 0. The molecule has 1 N–H and O–H groups in total. The molecule has 0 spiro atoms. The van der Waals surface area contributed by atoms with Crippen LogP contribution in [0.2, 0.25) is 0 Å². The third-order valence-electron chi connectivity index (χ3n) is 1.68. The largest absolute Gasteiger partial charge is 0.377 e. The highest BCUT2D eigenvalue weighted by Gasteiger charge is 2.32. The van der Waals surface area contributed by atoms with E-state index in [1.807, 2.05) is 0 Å². The van der Waals surface area contributed by atoms with Crippen LogP contribution in [0.1, 0.15) is 0 Å². The van der Waals surface area contributed by atoms with E-state index < -0.39 is 0 Å². The number of fused-ring (bicyclic) bond motifs is 1. The molecule has 0 bridgehead atoms. The molecule has 0 saturated carbocycles. The molecule has 0 amide bonds. The van der Waals surface area contributed by atoms with Crippen molar-refractivity contribution in [2.75, 3.05) is 5.75 Å². The summed E-state index contributed by atoms with van der Waals surface area (Å²) in [4.78, 5) is 12.1. The molecule has 4 heteroatoms. The van der Waals surface area contributed by atoms with Gasteiger partial charge in [0.15, 0.2) is 5.78 Å². The van der Waals surface area contributed by atoms with E-state index >= 15 is 0 Å². The number of carbonyl (C=O) groups is 1. The minimum atomic E-state index is -0.155. The molecule has 0 aliphatic carbocycles. The van der Waals surface area contributed by atoms with Crippen LogP contribution >= 0.6 is 23.4 Å². The molecule has 11 heavy (non-hydrogen) atoms. The lowest BCUT2D eigenvalue weighted by Crippen LogP contribution is -2.32. The average Bonchev–Trinajstić information content (AvgIpc) is 2.35. The highest BCUT2D eigenvalue weighted by Crippen LogP contribution is 2.35. The van der Waals surface area contributed by atoms with E-state index in [2.05, 4.69) is 5.32 Å². The van der Waals surface area contributed by atoms with Gasteiger partial charge in [0.2, 0.25) is 0 Å². The SMILES string of the molecule is O=C1CSC2=C(Cl)C=CNC12. The van der Waals surface area contributed by atoms with Crippen molar-refractivity contribution in [3.8, 4) is 0 Å². The van der Waals surface area contributed by atoms with Gasteiger partial charge < -0.3 is 5.32 Å². The van der Waals surface area contributed by atoms with E-state index in [0.717, 1.165) is 4.91 Å². The summed E-state index contributed by atoms with van der Waals surface area (Å²) in [7, 11) is 0. The summed E-state index contributed by atoms with van der Waals surface area (Å²) in [6, 6.07) is -0.155. The Balaban J connectivity index is 2.39. The Hall–Kier alpha value is -0.410. The number of nitrogens with one attached hydrogen (secondary N) is 1. The fourth-order valence-corrected chi connectivity index (χ4v) is 2.51. The van der Waals surface area contributed by atoms with Crippen molar-refractivity contribution in [3.05, 3.63) is 22.2 Å².